The van der Waals surface area contributed by atoms with Crippen LogP contribution in [-0.4, -0.2) is 59.0 Å². The number of carbonyl (C=O) groups is 1. The molecule has 0 saturated carbocycles. The van der Waals surface area contributed by atoms with E-state index in [-0.39, 0.29) is 12.0 Å². The third-order valence-corrected chi connectivity index (χ3v) is 6.18. The molecule has 1 heterocycles. The van der Waals surface area contributed by atoms with E-state index in [9.17, 15) is 13.2 Å². The highest BCUT2D eigenvalue weighted by molar-refractivity contribution is 7.90. The fourth-order valence-corrected chi connectivity index (χ4v) is 3.55. The molecule has 0 aromatic heterocycles. The number of fused-ring (bicyclic) bond motifs is 1. The number of hydrogen-bond donors (Lipinski definition) is 1. The summed E-state index contributed by atoms with van der Waals surface area (Å²) in [7, 11) is 0.807. The van der Waals surface area contributed by atoms with Gasteiger partial charge in [0.05, 0.1) is 12.2 Å². The van der Waals surface area contributed by atoms with Gasteiger partial charge in [0.2, 0.25) is 0 Å². The highest BCUT2D eigenvalue weighted by Crippen LogP contribution is 2.30. The van der Waals surface area contributed by atoms with Crippen molar-refractivity contribution in [1.29, 1.82) is 0 Å². The molecule has 1 aliphatic rings. The Morgan fingerprint density at radius 2 is 1.71 bits per heavy atom. The first-order valence-electron chi connectivity index (χ1n) is 8.72. The number of carbonyl (C=O) groups excluding carboxylic acids is 1. The Morgan fingerprint density at radius 3 is 2.36 bits per heavy atom. The van der Waals surface area contributed by atoms with Crippen LogP contribution < -0.4 is 19.1 Å². The van der Waals surface area contributed by atoms with Gasteiger partial charge in [-0.25, -0.2) is 0 Å². The van der Waals surface area contributed by atoms with Gasteiger partial charge in [-0.2, -0.15) is 12.7 Å². The molecule has 0 spiro atoms. The first-order valence-corrected chi connectivity index (χ1v) is 10.1. The number of nitrogens with zero attached hydrogens (tertiary/aromatic N) is 2. The third kappa shape index (κ3) is 4.20. The van der Waals surface area contributed by atoms with Crippen LogP contribution in [0.15, 0.2) is 48.5 Å². The summed E-state index contributed by atoms with van der Waals surface area (Å²) < 4.78 is 38.0. The Hall–Kier alpha value is -2.78. The van der Waals surface area contributed by atoms with Gasteiger partial charge >= 0.3 is 10.2 Å². The number of para-hydroxylation sites is 2. The molecular formula is C19H23N3O5S. The van der Waals surface area contributed by atoms with Gasteiger partial charge in [0.1, 0.15) is 12.7 Å². The lowest BCUT2D eigenvalue weighted by Crippen LogP contribution is -2.40. The second-order valence-corrected chi connectivity index (χ2v) is 8.69. The van der Waals surface area contributed by atoms with E-state index in [1.54, 1.807) is 24.3 Å². The molecule has 1 atom stereocenters. The maximum Gasteiger partial charge on any atom is 0.303 e. The molecule has 0 radical (unpaired) electrons. The summed E-state index contributed by atoms with van der Waals surface area (Å²) in [5.41, 5.74) is 0.891. The highest BCUT2D eigenvalue weighted by atomic mass is 32.2. The fourth-order valence-electron chi connectivity index (χ4n) is 2.67. The molecular weight excluding hydrogens is 382 g/mol. The lowest BCUT2D eigenvalue weighted by molar-refractivity contribution is 0.0789. The van der Waals surface area contributed by atoms with Crippen molar-refractivity contribution in [1.82, 2.24) is 9.62 Å². The topological polar surface area (TPSA) is 88.2 Å². The largest absolute Gasteiger partial charge is 0.486 e. The van der Waals surface area contributed by atoms with Crippen molar-refractivity contribution in [3.63, 3.8) is 0 Å². The van der Waals surface area contributed by atoms with E-state index in [1.807, 2.05) is 24.3 Å². The molecule has 0 bridgehead atoms. The average Bonchev–Trinajstić information content (AvgIpc) is 2.71. The van der Waals surface area contributed by atoms with Crippen LogP contribution in [0.3, 0.4) is 0 Å². The third-order valence-electron chi connectivity index (χ3n) is 4.36. The maximum atomic E-state index is 12.4. The van der Waals surface area contributed by atoms with Gasteiger partial charge < -0.3 is 14.8 Å². The van der Waals surface area contributed by atoms with Gasteiger partial charge in [0, 0.05) is 26.7 Å². The molecule has 150 valence electrons. The van der Waals surface area contributed by atoms with Gasteiger partial charge in [-0.05, 0) is 36.4 Å². The number of hydrogen-bond acceptors (Lipinski definition) is 5. The first-order chi connectivity index (χ1) is 13.3. The van der Waals surface area contributed by atoms with Crippen LogP contribution in [0.25, 0.3) is 0 Å². The summed E-state index contributed by atoms with van der Waals surface area (Å²) >= 11 is 0. The van der Waals surface area contributed by atoms with Crippen LogP contribution in [0.4, 0.5) is 5.69 Å². The lowest BCUT2D eigenvalue weighted by Gasteiger charge is -2.26. The molecule has 2 aromatic rings. The summed E-state index contributed by atoms with van der Waals surface area (Å²) in [5, 5.41) is 2.81. The minimum atomic E-state index is -3.58. The van der Waals surface area contributed by atoms with E-state index < -0.39 is 10.2 Å². The van der Waals surface area contributed by atoms with Crippen molar-refractivity contribution in [3.8, 4) is 11.5 Å². The molecule has 0 fully saturated rings. The zero-order valence-corrected chi connectivity index (χ0v) is 16.8. The highest BCUT2D eigenvalue weighted by Gasteiger charge is 2.22. The van der Waals surface area contributed by atoms with Crippen LogP contribution in [0.5, 0.6) is 11.5 Å². The zero-order chi connectivity index (χ0) is 20.3. The van der Waals surface area contributed by atoms with E-state index in [1.165, 1.54) is 21.1 Å². The second kappa shape index (κ2) is 8.07. The zero-order valence-electron chi connectivity index (χ0n) is 16.0. The molecule has 8 nitrogen and oxygen atoms in total. The molecule has 1 aliphatic heterocycles. The molecule has 28 heavy (non-hydrogen) atoms. The minimum absolute atomic E-state index is 0.271. The quantitative estimate of drug-likeness (QED) is 0.787. The van der Waals surface area contributed by atoms with Crippen molar-refractivity contribution in [2.24, 2.45) is 0 Å². The Labute approximate surface area is 164 Å². The Kier molecular flexibility index (Phi) is 5.76. The van der Waals surface area contributed by atoms with Crippen LogP contribution in [0, 0.1) is 0 Å². The van der Waals surface area contributed by atoms with Crippen LogP contribution >= 0.6 is 0 Å². The van der Waals surface area contributed by atoms with Gasteiger partial charge in [0.15, 0.2) is 11.5 Å². The molecule has 9 heteroatoms. The van der Waals surface area contributed by atoms with E-state index >= 15 is 0 Å². The van der Waals surface area contributed by atoms with Crippen LogP contribution in [0.2, 0.25) is 0 Å². The molecule has 3 rings (SSSR count). The van der Waals surface area contributed by atoms with Gasteiger partial charge in [0.25, 0.3) is 5.91 Å². The van der Waals surface area contributed by atoms with Crippen molar-refractivity contribution < 1.29 is 22.7 Å². The Bertz CT molecular complexity index is 944. The number of anilines is 1. The smallest absolute Gasteiger partial charge is 0.303 e. The number of ether oxygens (including phenoxy) is 2. The summed E-state index contributed by atoms with van der Waals surface area (Å²) in [6.45, 7) is 0.646. The van der Waals surface area contributed by atoms with Crippen molar-refractivity contribution in [3.05, 3.63) is 54.1 Å². The summed E-state index contributed by atoms with van der Waals surface area (Å²) in [5.74, 6) is 1.08. The number of benzene rings is 2. The van der Waals surface area contributed by atoms with Gasteiger partial charge in [-0.1, -0.05) is 12.1 Å². The van der Waals surface area contributed by atoms with Crippen LogP contribution in [0.1, 0.15) is 10.4 Å². The SMILES string of the molecule is CN(C)S(=O)(=O)N(C)c1ccc(C(=O)NC[C@H]2COc3ccccc3O2)cc1. The average molecular weight is 405 g/mol. The van der Waals surface area contributed by atoms with Crippen molar-refractivity contribution in [2.75, 3.05) is 38.6 Å². The molecule has 1 N–H and O–H groups in total. The number of rotatable bonds is 6. The van der Waals surface area contributed by atoms with Gasteiger partial charge in [-0.15, -0.1) is 0 Å². The van der Waals surface area contributed by atoms with Gasteiger partial charge in [-0.3, -0.25) is 9.10 Å². The van der Waals surface area contributed by atoms with E-state index in [0.29, 0.717) is 35.9 Å². The predicted octanol–water partition coefficient (Wildman–Crippen LogP) is 1.50. The van der Waals surface area contributed by atoms with Crippen LogP contribution in [-0.2, 0) is 10.2 Å². The van der Waals surface area contributed by atoms with Crippen molar-refractivity contribution in [2.45, 2.75) is 6.10 Å². The Balaban J connectivity index is 1.58. The monoisotopic (exact) mass is 405 g/mol. The fraction of sp³-hybridized carbons (Fsp3) is 0.316. The standard InChI is InChI=1S/C19H23N3O5S/c1-21(2)28(24,25)22(3)15-10-8-14(9-11-15)19(23)20-12-16-13-26-17-6-4-5-7-18(17)27-16/h4-11,16H,12-13H2,1-3H3,(H,20,23)/t16-/m0/s1. The molecule has 0 saturated heterocycles. The number of amides is 1. The predicted molar refractivity (Wildman–Crippen MR) is 106 cm³/mol. The summed E-state index contributed by atoms with van der Waals surface area (Å²) in [6, 6.07) is 13.7. The minimum Gasteiger partial charge on any atom is -0.486 e. The molecule has 0 unspecified atom stereocenters. The van der Waals surface area contributed by atoms with Crippen molar-refractivity contribution >= 4 is 21.8 Å². The maximum absolute atomic E-state index is 12.4. The van der Waals surface area contributed by atoms with E-state index in [0.717, 1.165) is 8.61 Å². The second-order valence-electron chi connectivity index (χ2n) is 6.51. The normalized spacial score (nSPS) is 15.9. The molecule has 2 aromatic carbocycles. The lowest BCUT2D eigenvalue weighted by atomic mass is 10.2. The van der Waals surface area contributed by atoms with E-state index in [4.69, 9.17) is 9.47 Å². The summed E-state index contributed by atoms with van der Waals surface area (Å²) in [6.07, 6.45) is -0.283. The Morgan fingerprint density at radius 1 is 1.07 bits per heavy atom. The first kappa shape index (κ1) is 20.0. The van der Waals surface area contributed by atoms with E-state index in [2.05, 4.69) is 5.32 Å². The number of nitrogens with one attached hydrogen (secondary N) is 1. The molecule has 0 aliphatic carbocycles. The summed E-state index contributed by atoms with van der Waals surface area (Å²) in [4.78, 5) is 12.4. The molecule has 1 amide bonds.